The van der Waals surface area contributed by atoms with Gasteiger partial charge in [-0.05, 0) is 52.9 Å². The maximum atomic E-state index is 12.8. The number of nitrogens with zero attached hydrogens (tertiary/aromatic N) is 3. The molecule has 0 saturated carbocycles. The molecule has 0 spiro atoms. The third-order valence-corrected chi connectivity index (χ3v) is 4.22. The fourth-order valence-corrected chi connectivity index (χ4v) is 2.91. The molecule has 1 aromatic carbocycles. The Kier molecular flexibility index (Phi) is 6.54. The van der Waals surface area contributed by atoms with Gasteiger partial charge in [0.05, 0.1) is 6.54 Å². The number of benzene rings is 1. The Balaban J connectivity index is 2.18. The number of H-pyrrole nitrogens is 1. The van der Waals surface area contributed by atoms with E-state index in [0.29, 0.717) is 17.1 Å². The van der Waals surface area contributed by atoms with Gasteiger partial charge in [-0.3, -0.25) is 19.3 Å². The van der Waals surface area contributed by atoms with Crippen molar-refractivity contribution in [3.8, 4) is 11.4 Å². The Bertz CT molecular complexity index is 879. The summed E-state index contributed by atoms with van der Waals surface area (Å²) < 4.78 is 2.03. The summed E-state index contributed by atoms with van der Waals surface area (Å²) in [4.78, 5) is 26.5. The van der Waals surface area contributed by atoms with E-state index in [1.807, 2.05) is 58.9 Å². The van der Waals surface area contributed by atoms with Gasteiger partial charge >= 0.3 is 0 Å². The zero-order valence-electron chi connectivity index (χ0n) is 16.5. The normalized spacial score (nSPS) is 11.3. The largest absolute Gasteiger partial charge is 0.350 e. The second kappa shape index (κ2) is 8.47. The molecule has 0 unspecified atom stereocenters. The summed E-state index contributed by atoms with van der Waals surface area (Å²) in [6, 6.07) is 7.84. The molecule has 0 aliphatic rings. The van der Waals surface area contributed by atoms with E-state index < -0.39 is 0 Å². The molecule has 7 nitrogen and oxygen atoms in total. The number of nitrogens with one attached hydrogen (secondary N) is 2. The molecule has 0 saturated heterocycles. The molecule has 2 amide bonds. The van der Waals surface area contributed by atoms with E-state index in [4.69, 9.17) is 12.2 Å². The van der Waals surface area contributed by atoms with Gasteiger partial charge in [0.25, 0.3) is 0 Å². The molecule has 2 N–H and O–H groups in total. The van der Waals surface area contributed by atoms with Crippen LogP contribution >= 0.6 is 12.2 Å². The molecule has 146 valence electrons. The molecule has 1 heterocycles. The van der Waals surface area contributed by atoms with Crippen LogP contribution in [0.1, 0.15) is 33.3 Å². The number of carbonyl (C=O) groups is 2. The molecule has 0 atom stereocenters. The van der Waals surface area contributed by atoms with Crippen LogP contribution < -0.4 is 5.32 Å². The van der Waals surface area contributed by atoms with Crippen molar-refractivity contribution >= 4 is 24.0 Å². The lowest BCUT2D eigenvalue weighted by atomic mass is 10.1. The number of amides is 2. The van der Waals surface area contributed by atoms with Crippen LogP contribution in [0.3, 0.4) is 0 Å². The maximum Gasteiger partial charge on any atom is 0.243 e. The number of aromatic amines is 1. The number of likely N-dealkylation sites (N-methyl/N-ethyl adjacent to an activating group) is 1. The van der Waals surface area contributed by atoms with Gasteiger partial charge in [-0.25, -0.2) is 0 Å². The highest BCUT2D eigenvalue weighted by Gasteiger charge is 2.21. The smallest absolute Gasteiger partial charge is 0.243 e. The minimum absolute atomic E-state index is 0.0115. The summed E-state index contributed by atoms with van der Waals surface area (Å²) in [6.07, 6.45) is 0. The molecule has 2 rings (SSSR count). The first kappa shape index (κ1) is 20.8. The molecule has 0 fully saturated rings. The van der Waals surface area contributed by atoms with Crippen LogP contribution in [0.2, 0.25) is 0 Å². The quantitative estimate of drug-likeness (QED) is 0.744. The molecule has 0 aliphatic heterocycles. The SMILES string of the molecule is CCN(CC(=O)NC(C)(C)C)C(=O)Cn1c(-c2cccc(C)c2)n[nH]c1=S. The molecule has 1 aromatic heterocycles. The number of aromatic nitrogens is 3. The third kappa shape index (κ3) is 5.75. The minimum atomic E-state index is -0.342. The van der Waals surface area contributed by atoms with Gasteiger partial charge in [0.1, 0.15) is 6.54 Å². The van der Waals surface area contributed by atoms with Gasteiger partial charge in [-0.2, -0.15) is 5.10 Å². The van der Waals surface area contributed by atoms with Crippen molar-refractivity contribution in [2.24, 2.45) is 0 Å². The van der Waals surface area contributed by atoms with Gasteiger partial charge in [0, 0.05) is 17.6 Å². The summed E-state index contributed by atoms with van der Waals surface area (Å²) in [6.45, 7) is 10.0. The van der Waals surface area contributed by atoms with E-state index in [0.717, 1.165) is 11.1 Å². The van der Waals surface area contributed by atoms with E-state index in [1.165, 1.54) is 4.90 Å². The second-order valence-electron chi connectivity index (χ2n) is 7.51. The first-order chi connectivity index (χ1) is 12.6. The van der Waals surface area contributed by atoms with Crippen LogP contribution in [0.4, 0.5) is 0 Å². The fourth-order valence-electron chi connectivity index (χ4n) is 2.71. The standard InChI is InChI=1S/C19H27N5O2S/c1-6-23(11-15(25)20-19(3,4)5)16(26)12-24-17(21-22-18(24)27)14-9-7-8-13(2)10-14/h7-10H,6,11-12H2,1-5H3,(H,20,25)(H,22,27). The van der Waals surface area contributed by atoms with Crippen molar-refractivity contribution < 1.29 is 9.59 Å². The van der Waals surface area contributed by atoms with Gasteiger partial charge in [-0.1, -0.05) is 23.8 Å². The lowest BCUT2D eigenvalue weighted by molar-refractivity contribution is -0.136. The Morgan fingerprint density at radius 2 is 2.04 bits per heavy atom. The summed E-state index contributed by atoms with van der Waals surface area (Å²) in [7, 11) is 0. The van der Waals surface area contributed by atoms with Crippen molar-refractivity contribution in [1.82, 2.24) is 25.0 Å². The van der Waals surface area contributed by atoms with Gasteiger partial charge in [0.15, 0.2) is 10.6 Å². The number of rotatable bonds is 6. The molecule has 0 bridgehead atoms. The van der Waals surface area contributed by atoms with Crippen LogP contribution in [-0.4, -0.2) is 50.1 Å². The van der Waals surface area contributed by atoms with Crippen molar-refractivity contribution in [1.29, 1.82) is 0 Å². The first-order valence-corrected chi connectivity index (χ1v) is 9.32. The van der Waals surface area contributed by atoms with E-state index in [1.54, 1.807) is 4.57 Å². The van der Waals surface area contributed by atoms with Crippen LogP contribution in [0, 0.1) is 11.7 Å². The fraction of sp³-hybridized carbons (Fsp3) is 0.474. The Labute approximate surface area is 164 Å². The number of hydrogen-bond donors (Lipinski definition) is 2. The van der Waals surface area contributed by atoms with E-state index >= 15 is 0 Å². The van der Waals surface area contributed by atoms with Crippen LogP contribution in [0.5, 0.6) is 0 Å². The summed E-state index contributed by atoms with van der Waals surface area (Å²) in [5.74, 6) is 0.229. The first-order valence-electron chi connectivity index (χ1n) is 8.91. The lowest BCUT2D eigenvalue weighted by Crippen LogP contribution is -2.47. The van der Waals surface area contributed by atoms with Gasteiger partial charge in [-0.15, -0.1) is 0 Å². The van der Waals surface area contributed by atoms with E-state index in [9.17, 15) is 9.59 Å². The Hall–Kier alpha value is -2.48. The van der Waals surface area contributed by atoms with Crippen molar-refractivity contribution in [3.63, 3.8) is 0 Å². The average molecular weight is 390 g/mol. The predicted octanol–water partition coefficient (Wildman–Crippen LogP) is 2.68. The molecular formula is C19H27N5O2S. The summed E-state index contributed by atoms with van der Waals surface area (Å²) in [5, 5.41) is 9.90. The summed E-state index contributed by atoms with van der Waals surface area (Å²) in [5.41, 5.74) is 1.63. The highest BCUT2D eigenvalue weighted by molar-refractivity contribution is 7.71. The van der Waals surface area contributed by atoms with Crippen molar-refractivity contribution in [2.75, 3.05) is 13.1 Å². The minimum Gasteiger partial charge on any atom is -0.350 e. The number of aryl methyl sites for hydroxylation is 1. The second-order valence-corrected chi connectivity index (χ2v) is 7.90. The highest BCUT2D eigenvalue weighted by atomic mass is 32.1. The number of carbonyl (C=O) groups excluding carboxylic acids is 2. The third-order valence-electron chi connectivity index (χ3n) is 3.91. The van der Waals surface area contributed by atoms with Gasteiger partial charge in [0.2, 0.25) is 11.8 Å². The van der Waals surface area contributed by atoms with E-state index in [-0.39, 0.29) is 30.4 Å². The van der Waals surface area contributed by atoms with Crippen molar-refractivity contribution in [3.05, 3.63) is 34.6 Å². The predicted molar refractivity (Wildman–Crippen MR) is 108 cm³/mol. The molecule has 27 heavy (non-hydrogen) atoms. The average Bonchev–Trinajstić information content (AvgIpc) is 2.91. The van der Waals surface area contributed by atoms with E-state index in [2.05, 4.69) is 15.5 Å². The monoisotopic (exact) mass is 389 g/mol. The molecule has 0 aliphatic carbocycles. The van der Waals surface area contributed by atoms with Crippen LogP contribution in [0.15, 0.2) is 24.3 Å². The molecule has 2 aromatic rings. The zero-order chi connectivity index (χ0) is 20.2. The van der Waals surface area contributed by atoms with Crippen molar-refractivity contribution in [2.45, 2.75) is 46.7 Å². The topological polar surface area (TPSA) is 83.0 Å². The number of hydrogen-bond acceptors (Lipinski definition) is 4. The lowest BCUT2D eigenvalue weighted by Gasteiger charge is -2.25. The Morgan fingerprint density at radius 3 is 2.63 bits per heavy atom. The summed E-state index contributed by atoms with van der Waals surface area (Å²) >= 11 is 5.30. The zero-order valence-corrected chi connectivity index (χ0v) is 17.3. The van der Waals surface area contributed by atoms with Crippen LogP contribution in [-0.2, 0) is 16.1 Å². The molecule has 0 radical (unpaired) electrons. The maximum absolute atomic E-state index is 12.8. The molecule has 8 heteroatoms. The van der Waals surface area contributed by atoms with Gasteiger partial charge < -0.3 is 10.2 Å². The van der Waals surface area contributed by atoms with Crippen LogP contribution in [0.25, 0.3) is 11.4 Å². The Morgan fingerprint density at radius 1 is 1.33 bits per heavy atom. The molecular weight excluding hydrogens is 362 g/mol. The highest BCUT2D eigenvalue weighted by Crippen LogP contribution is 2.18.